The lowest BCUT2D eigenvalue weighted by molar-refractivity contribution is 0.886. The van der Waals surface area contributed by atoms with Crippen LogP contribution in [-0.4, -0.2) is 15.0 Å². The van der Waals surface area contributed by atoms with Crippen molar-refractivity contribution in [2.45, 2.75) is 20.8 Å². The van der Waals surface area contributed by atoms with Gasteiger partial charge in [-0.1, -0.05) is 92.5 Å². The Bertz CT molecular complexity index is 1450. The summed E-state index contributed by atoms with van der Waals surface area (Å²) in [6, 6.07) is 27.0. The maximum Gasteiger partial charge on any atom is 0.238 e. The van der Waals surface area contributed by atoms with Gasteiger partial charge in [-0.25, -0.2) is 4.98 Å². The van der Waals surface area contributed by atoms with E-state index in [-0.39, 0.29) is 0 Å². The lowest BCUT2D eigenvalue weighted by Gasteiger charge is -2.27. The highest BCUT2D eigenvalue weighted by atomic mass is 15.3. The highest BCUT2D eigenvalue weighted by Crippen LogP contribution is 2.35. The molecule has 4 rings (SSSR count). The van der Waals surface area contributed by atoms with Crippen molar-refractivity contribution in [3.8, 4) is 22.3 Å². The number of benzene rings is 3. The van der Waals surface area contributed by atoms with E-state index in [0.29, 0.717) is 34.7 Å². The molecule has 1 N–H and O–H groups in total. The molecule has 0 unspecified atom stereocenters. The second kappa shape index (κ2) is 11.3. The van der Waals surface area contributed by atoms with E-state index in [9.17, 15) is 0 Å². The topological polar surface area (TPSA) is 53.9 Å². The van der Waals surface area contributed by atoms with Crippen molar-refractivity contribution in [2.24, 2.45) is 0 Å². The zero-order chi connectivity index (χ0) is 26.4. The normalized spacial score (nSPS) is 10.8. The average molecular weight is 486 g/mol. The van der Waals surface area contributed by atoms with Crippen LogP contribution < -0.4 is 10.2 Å². The molecule has 0 fully saturated rings. The molecule has 0 amide bonds. The maximum absolute atomic E-state index is 4.54. The molecule has 3 aromatic carbocycles. The summed E-state index contributed by atoms with van der Waals surface area (Å²) in [4.78, 5) is 15.2. The Balaban J connectivity index is 1.72. The van der Waals surface area contributed by atoms with Crippen LogP contribution in [0.5, 0.6) is 0 Å². The lowest BCUT2D eigenvalue weighted by atomic mass is 9.97. The summed E-state index contributed by atoms with van der Waals surface area (Å²) in [5.74, 6) is 1.69. The monoisotopic (exact) mass is 485 g/mol. The zero-order valence-corrected chi connectivity index (χ0v) is 21.6. The molecule has 4 aromatic rings. The number of hydrogen-bond donors (Lipinski definition) is 1. The van der Waals surface area contributed by atoms with Crippen LogP contribution >= 0.6 is 0 Å². The Morgan fingerprint density at radius 2 is 1.35 bits per heavy atom. The summed E-state index contributed by atoms with van der Waals surface area (Å²) in [7, 11) is 0. The number of nitrogens with zero attached hydrogens (tertiary/aromatic N) is 4. The highest BCUT2D eigenvalue weighted by molar-refractivity contribution is 5.84. The minimum atomic E-state index is 0.448. The standard InChI is InChI=1S/C32H31N5/c1-7-14-22(2)37(32-35-25(5)34-26(6)36-32)24(4)23(3)33-31-20-19-29(27-15-10-8-11-16-27)21-30(31)28-17-12-9-13-18-28/h7-21,33H,2-4H2,1,5-6H3/b14-7-. The molecular weight excluding hydrogens is 454 g/mol. The first-order chi connectivity index (χ1) is 17.9. The van der Waals surface area contributed by atoms with Crippen LogP contribution in [0.4, 0.5) is 11.6 Å². The van der Waals surface area contributed by atoms with Crippen LogP contribution in [0.3, 0.4) is 0 Å². The van der Waals surface area contributed by atoms with E-state index < -0.39 is 0 Å². The van der Waals surface area contributed by atoms with Gasteiger partial charge in [-0.3, -0.25) is 4.90 Å². The molecular formula is C32H31N5. The number of rotatable bonds is 9. The predicted molar refractivity (Wildman–Crippen MR) is 155 cm³/mol. The Morgan fingerprint density at radius 1 is 0.757 bits per heavy atom. The van der Waals surface area contributed by atoms with Crippen molar-refractivity contribution < 1.29 is 0 Å². The minimum Gasteiger partial charge on any atom is -0.354 e. The van der Waals surface area contributed by atoms with Crippen LogP contribution in [-0.2, 0) is 0 Å². The first-order valence-electron chi connectivity index (χ1n) is 12.1. The minimum absolute atomic E-state index is 0.448. The smallest absolute Gasteiger partial charge is 0.238 e. The summed E-state index contributed by atoms with van der Waals surface area (Å²) in [5.41, 5.74) is 7.21. The van der Waals surface area contributed by atoms with Crippen LogP contribution in [0.15, 0.2) is 128 Å². The maximum atomic E-state index is 4.54. The Kier molecular flexibility index (Phi) is 7.74. The van der Waals surface area contributed by atoms with Gasteiger partial charge in [0.15, 0.2) is 0 Å². The number of aryl methyl sites for hydroxylation is 2. The molecule has 0 radical (unpaired) electrons. The van der Waals surface area contributed by atoms with E-state index >= 15 is 0 Å². The number of allylic oxidation sites excluding steroid dienone is 2. The van der Waals surface area contributed by atoms with Gasteiger partial charge in [-0.05, 0) is 55.7 Å². The largest absolute Gasteiger partial charge is 0.354 e. The average Bonchev–Trinajstić information content (AvgIpc) is 2.89. The van der Waals surface area contributed by atoms with Crippen molar-refractivity contribution in [3.05, 3.63) is 139 Å². The van der Waals surface area contributed by atoms with Crippen molar-refractivity contribution >= 4 is 11.6 Å². The van der Waals surface area contributed by atoms with E-state index in [4.69, 9.17) is 0 Å². The molecule has 5 heteroatoms. The van der Waals surface area contributed by atoms with Gasteiger partial charge >= 0.3 is 0 Å². The zero-order valence-electron chi connectivity index (χ0n) is 21.6. The highest BCUT2D eigenvalue weighted by Gasteiger charge is 2.20. The molecule has 0 atom stereocenters. The van der Waals surface area contributed by atoms with Crippen molar-refractivity contribution in [1.82, 2.24) is 15.0 Å². The summed E-state index contributed by atoms with van der Waals surface area (Å²) in [5, 5.41) is 3.49. The summed E-state index contributed by atoms with van der Waals surface area (Å²) in [6.45, 7) is 18.5. The van der Waals surface area contributed by atoms with E-state index in [1.165, 1.54) is 0 Å². The number of nitrogens with one attached hydrogen (secondary N) is 1. The fourth-order valence-corrected chi connectivity index (χ4v) is 4.08. The third kappa shape index (κ3) is 5.90. The first kappa shape index (κ1) is 25.3. The van der Waals surface area contributed by atoms with Gasteiger partial charge in [0.2, 0.25) is 5.95 Å². The molecule has 0 saturated carbocycles. The molecule has 1 heterocycles. The Hall–Kier alpha value is -4.77. The number of anilines is 2. The second-order valence-corrected chi connectivity index (χ2v) is 8.60. The van der Waals surface area contributed by atoms with Gasteiger partial charge in [-0.15, -0.1) is 0 Å². The van der Waals surface area contributed by atoms with Gasteiger partial charge in [-0.2, -0.15) is 9.97 Å². The molecule has 0 aliphatic rings. The molecule has 37 heavy (non-hydrogen) atoms. The van der Waals surface area contributed by atoms with Crippen molar-refractivity contribution in [3.63, 3.8) is 0 Å². The third-order valence-electron chi connectivity index (χ3n) is 5.81. The summed E-state index contributed by atoms with van der Waals surface area (Å²) in [6.07, 6.45) is 3.80. The molecule has 0 aliphatic carbocycles. The van der Waals surface area contributed by atoms with Gasteiger partial charge in [0, 0.05) is 16.9 Å². The predicted octanol–water partition coefficient (Wildman–Crippen LogP) is 7.86. The lowest BCUT2D eigenvalue weighted by Crippen LogP contribution is -2.26. The molecule has 1 aromatic heterocycles. The first-order valence-corrected chi connectivity index (χ1v) is 12.1. The number of aromatic nitrogens is 3. The molecule has 184 valence electrons. The van der Waals surface area contributed by atoms with E-state index in [2.05, 4.69) is 82.5 Å². The van der Waals surface area contributed by atoms with E-state index in [1.54, 1.807) is 4.90 Å². The molecule has 0 bridgehead atoms. The van der Waals surface area contributed by atoms with Crippen LogP contribution in [0, 0.1) is 13.8 Å². The van der Waals surface area contributed by atoms with Crippen molar-refractivity contribution in [2.75, 3.05) is 10.2 Å². The number of hydrogen-bond acceptors (Lipinski definition) is 5. The fourth-order valence-electron chi connectivity index (χ4n) is 4.08. The van der Waals surface area contributed by atoms with Gasteiger partial charge < -0.3 is 5.32 Å². The van der Waals surface area contributed by atoms with Crippen LogP contribution in [0.1, 0.15) is 18.6 Å². The third-order valence-corrected chi connectivity index (χ3v) is 5.81. The van der Waals surface area contributed by atoms with E-state index in [1.807, 2.05) is 69.3 Å². The Morgan fingerprint density at radius 3 is 1.95 bits per heavy atom. The summed E-state index contributed by atoms with van der Waals surface area (Å²) >= 11 is 0. The van der Waals surface area contributed by atoms with Gasteiger partial charge in [0.1, 0.15) is 11.6 Å². The quantitative estimate of drug-likeness (QED) is 0.245. The molecule has 0 aliphatic heterocycles. The second-order valence-electron chi connectivity index (χ2n) is 8.60. The van der Waals surface area contributed by atoms with Gasteiger partial charge in [0.05, 0.1) is 11.4 Å². The van der Waals surface area contributed by atoms with Crippen LogP contribution in [0.25, 0.3) is 22.3 Å². The molecule has 5 nitrogen and oxygen atoms in total. The SMILES string of the molecule is C=C(Nc1ccc(-c2ccccc2)cc1-c1ccccc1)C(=C)N(C(=C)/C=C\C)c1nc(C)nc(C)n1. The summed E-state index contributed by atoms with van der Waals surface area (Å²) < 4.78 is 0. The van der Waals surface area contributed by atoms with Gasteiger partial charge in [0.25, 0.3) is 0 Å². The fraction of sp³-hybridized carbons (Fsp3) is 0.0938. The van der Waals surface area contributed by atoms with Crippen LogP contribution in [0.2, 0.25) is 0 Å². The molecule has 0 saturated heterocycles. The molecule has 0 spiro atoms. The van der Waals surface area contributed by atoms with Crippen molar-refractivity contribution in [1.29, 1.82) is 0 Å². The van der Waals surface area contributed by atoms with E-state index in [0.717, 1.165) is 27.9 Å². The Labute approximate surface area is 219 Å².